The topological polar surface area (TPSA) is 63.8 Å². The summed E-state index contributed by atoms with van der Waals surface area (Å²) in [4.78, 5) is 8.54. The van der Waals surface area contributed by atoms with E-state index in [2.05, 4.69) is 27.4 Å². The van der Waals surface area contributed by atoms with Gasteiger partial charge in [-0.2, -0.15) is 0 Å². The van der Waals surface area contributed by atoms with E-state index in [-0.39, 0.29) is 0 Å². The lowest BCUT2D eigenvalue weighted by molar-refractivity contribution is 0.782. The first-order chi connectivity index (χ1) is 8.33. The minimum Gasteiger partial charge on any atom is -0.399 e. The molecule has 4 nitrogen and oxygen atoms in total. The molecule has 0 spiro atoms. The number of aromatic nitrogens is 2. The van der Waals surface area contributed by atoms with Gasteiger partial charge in [-0.25, -0.2) is 9.97 Å². The molecule has 1 aliphatic carbocycles. The normalized spacial score (nSPS) is 15.5. The van der Waals surface area contributed by atoms with Gasteiger partial charge in [-0.1, -0.05) is 12.2 Å². The van der Waals surface area contributed by atoms with Crippen molar-refractivity contribution in [3.63, 3.8) is 0 Å². The molecule has 0 amide bonds. The summed E-state index contributed by atoms with van der Waals surface area (Å²) in [5.41, 5.74) is 7.36. The average molecular weight is 226 g/mol. The van der Waals surface area contributed by atoms with Crippen molar-refractivity contribution in [2.24, 2.45) is 0 Å². The fraction of sp³-hybridized carbons (Fsp3) is 0.231. The maximum absolute atomic E-state index is 5.75. The van der Waals surface area contributed by atoms with Gasteiger partial charge < -0.3 is 11.1 Å². The third-order valence-corrected chi connectivity index (χ3v) is 3.01. The highest BCUT2D eigenvalue weighted by Crippen LogP contribution is 2.23. The number of fused-ring (bicyclic) bond motifs is 1. The van der Waals surface area contributed by atoms with E-state index in [1.807, 2.05) is 18.2 Å². The molecule has 4 heteroatoms. The third kappa shape index (κ3) is 1.93. The Morgan fingerprint density at radius 3 is 2.82 bits per heavy atom. The smallest absolute Gasteiger partial charge is 0.137 e. The van der Waals surface area contributed by atoms with Crippen molar-refractivity contribution in [2.75, 3.05) is 11.1 Å². The molecule has 0 unspecified atom stereocenters. The summed E-state index contributed by atoms with van der Waals surface area (Å²) in [7, 11) is 0. The summed E-state index contributed by atoms with van der Waals surface area (Å²) in [5, 5.41) is 4.47. The van der Waals surface area contributed by atoms with Crippen LogP contribution in [-0.2, 0) is 0 Å². The Morgan fingerprint density at radius 1 is 1.18 bits per heavy atom. The standard InChI is InChI=1S/C13H14N4/c14-9-5-6-11-12(7-9)15-8-16-13(11)17-10-3-1-2-4-10/h1-2,5-8,10H,3-4,14H2,(H,15,16,17). The van der Waals surface area contributed by atoms with Crippen molar-refractivity contribution in [1.29, 1.82) is 0 Å². The van der Waals surface area contributed by atoms with Crippen LogP contribution in [0.15, 0.2) is 36.7 Å². The average Bonchev–Trinajstić information content (AvgIpc) is 2.82. The van der Waals surface area contributed by atoms with E-state index in [1.54, 1.807) is 6.33 Å². The van der Waals surface area contributed by atoms with Gasteiger partial charge in [-0.05, 0) is 31.0 Å². The highest BCUT2D eigenvalue weighted by molar-refractivity contribution is 5.90. The third-order valence-electron chi connectivity index (χ3n) is 3.01. The zero-order valence-corrected chi connectivity index (χ0v) is 9.43. The van der Waals surface area contributed by atoms with Gasteiger partial charge in [0.25, 0.3) is 0 Å². The molecule has 0 radical (unpaired) electrons. The first-order valence-electron chi connectivity index (χ1n) is 5.75. The maximum atomic E-state index is 5.75. The zero-order valence-electron chi connectivity index (χ0n) is 9.43. The molecule has 0 atom stereocenters. The van der Waals surface area contributed by atoms with E-state index >= 15 is 0 Å². The Hall–Kier alpha value is -2.10. The molecule has 0 fully saturated rings. The SMILES string of the molecule is Nc1ccc2c(NC3CC=CC3)ncnc2c1. The van der Waals surface area contributed by atoms with Gasteiger partial charge in [-0.15, -0.1) is 0 Å². The van der Waals surface area contributed by atoms with Gasteiger partial charge in [0.1, 0.15) is 12.1 Å². The van der Waals surface area contributed by atoms with E-state index in [9.17, 15) is 0 Å². The van der Waals surface area contributed by atoms with Crippen LogP contribution in [0.3, 0.4) is 0 Å². The first kappa shape index (κ1) is 10.1. The Kier molecular flexibility index (Phi) is 2.40. The quantitative estimate of drug-likeness (QED) is 0.609. The van der Waals surface area contributed by atoms with Crippen LogP contribution in [0.25, 0.3) is 10.9 Å². The number of rotatable bonds is 2. The number of anilines is 2. The molecular weight excluding hydrogens is 212 g/mol. The molecule has 0 saturated heterocycles. The number of hydrogen-bond donors (Lipinski definition) is 2. The molecule has 1 aromatic heterocycles. The molecule has 0 aliphatic heterocycles. The highest BCUT2D eigenvalue weighted by Gasteiger charge is 2.12. The minimum absolute atomic E-state index is 0.450. The van der Waals surface area contributed by atoms with E-state index < -0.39 is 0 Å². The number of nitrogens with two attached hydrogens (primary N) is 1. The van der Waals surface area contributed by atoms with E-state index in [4.69, 9.17) is 5.73 Å². The first-order valence-corrected chi connectivity index (χ1v) is 5.75. The van der Waals surface area contributed by atoms with Crippen molar-refractivity contribution < 1.29 is 0 Å². The van der Waals surface area contributed by atoms with Gasteiger partial charge in [0.05, 0.1) is 5.52 Å². The van der Waals surface area contributed by atoms with Crippen molar-refractivity contribution >= 4 is 22.4 Å². The van der Waals surface area contributed by atoms with Gasteiger partial charge in [0, 0.05) is 17.1 Å². The predicted molar refractivity (Wildman–Crippen MR) is 69.7 cm³/mol. The van der Waals surface area contributed by atoms with Gasteiger partial charge >= 0.3 is 0 Å². The molecule has 17 heavy (non-hydrogen) atoms. The lowest BCUT2D eigenvalue weighted by atomic mass is 10.2. The van der Waals surface area contributed by atoms with Crippen LogP contribution in [0, 0.1) is 0 Å². The van der Waals surface area contributed by atoms with Crippen LogP contribution in [0.5, 0.6) is 0 Å². The van der Waals surface area contributed by atoms with E-state index in [0.717, 1.165) is 35.2 Å². The lowest BCUT2D eigenvalue weighted by Gasteiger charge is -2.14. The maximum Gasteiger partial charge on any atom is 0.137 e. The summed E-state index contributed by atoms with van der Waals surface area (Å²) < 4.78 is 0. The fourth-order valence-electron chi connectivity index (χ4n) is 2.12. The predicted octanol–water partition coefficient (Wildman–Crippen LogP) is 2.34. The molecule has 0 bridgehead atoms. The van der Waals surface area contributed by atoms with Gasteiger partial charge in [-0.3, -0.25) is 0 Å². The van der Waals surface area contributed by atoms with Crippen molar-refractivity contribution in [3.05, 3.63) is 36.7 Å². The summed E-state index contributed by atoms with van der Waals surface area (Å²) >= 11 is 0. The van der Waals surface area contributed by atoms with Crippen LogP contribution in [0.4, 0.5) is 11.5 Å². The van der Waals surface area contributed by atoms with Crippen molar-refractivity contribution in [2.45, 2.75) is 18.9 Å². The second kappa shape index (κ2) is 4.05. The molecule has 1 aromatic carbocycles. The second-order valence-electron chi connectivity index (χ2n) is 4.28. The molecule has 3 N–H and O–H groups in total. The largest absolute Gasteiger partial charge is 0.399 e. The van der Waals surface area contributed by atoms with E-state index in [0.29, 0.717) is 6.04 Å². The molecule has 1 aliphatic rings. The Labute approximate surface area is 99.6 Å². The zero-order chi connectivity index (χ0) is 11.7. The summed E-state index contributed by atoms with van der Waals surface area (Å²) in [6.07, 6.45) is 8.07. The van der Waals surface area contributed by atoms with Gasteiger partial charge in [0.15, 0.2) is 0 Å². The van der Waals surface area contributed by atoms with Crippen LogP contribution in [-0.4, -0.2) is 16.0 Å². The number of nitrogens with one attached hydrogen (secondary N) is 1. The summed E-state index contributed by atoms with van der Waals surface area (Å²) in [6, 6.07) is 6.17. The summed E-state index contributed by atoms with van der Waals surface area (Å²) in [5.74, 6) is 0.892. The lowest BCUT2D eigenvalue weighted by Crippen LogP contribution is -2.16. The van der Waals surface area contributed by atoms with E-state index in [1.165, 1.54) is 0 Å². The van der Waals surface area contributed by atoms with Crippen molar-refractivity contribution in [3.8, 4) is 0 Å². The van der Waals surface area contributed by atoms with Crippen molar-refractivity contribution in [1.82, 2.24) is 9.97 Å². The van der Waals surface area contributed by atoms with Crippen LogP contribution < -0.4 is 11.1 Å². The number of nitrogens with zero attached hydrogens (tertiary/aromatic N) is 2. The number of hydrogen-bond acceptors (Lipinski definition) is 4. The summed E-state index contributed by atoms with van der Waals surface area (Å²) in [6.45, 7) is 0. The number of benzene rings is 1. The molecule has 0 saturated carbocycles. The molecule has 1 heterocycles. The van der Waals surface area contributed by atoms with Crippen LogP contribution in [0.1, 0.15) is 12.8 Å². The van der Waals surface area contributed by atoms with Crippen LogP contribution >= 0.6 is 0 Å². The van der Waals surface area contributed by atoms with Gasteiger partial charge in [0.2, 0.25) is 0 Å². The molecule has 2 aromatic rings. The Bertz CT molecular complexity index is 569. The Morgan fingerprint density at radius 2 is 2.00 bits per heavy atom. The molecule has 86 valence electrons. The molecule has 3 rings (SSSR count). The van der Waals surface area contributed by atoms with Crippen LogP contribution in [0.2, 0.25) is 0 Å². The fourth-order valence-corrected chi connectivity index (χ4v) is 2.12. The molecular formula is C13H14N4. The second-order valence-corrected chi connectivity index (χ2v) is 4.28. The number of nitrogen functional groups attached to an aromatic ring is 1. The Balaban J connectivity index is 1.98. The monoisotopic (exact) mass is 226 g/mol. The highest BCUT2D eigenvalue weighted by atomic mass is 15.0. The minimum atomic E-state index is 0.450.